The van der Waals surface area contributed by atoms with Gasteiger partial charge in [-0.15, -0.1) is 0 Å². The summed E-state index contributed by atoms with van der Waals surface area (Å²) in [5, 5.41) is 1.28. The predicted octanol–water partition coefficient (Wildman–Crippen LogP) is 5.27. The van der Waals surface area contributed by atoms with Crippen LogP contribution in [0.2, 0.25) is 5.02 Å². The summed E-state index contributed by atoms with van der Waals surface area (Å²) in [7, 11) is 0. The Labute approximate surface area is 179 Å². The summed E-state index contributed by atoms with van der Waals surface area (Å²) in [6.45, 7) is 2.05. The maximum absolute atomic E-state index is 13.6. The van der Waals surface area contributed by atoms with Crippen molar-refractivity contribution in [3.05, 3.63) is 65.2 Å². The Bertz CT molecular complexity index is 1090. The number of carbonyl (C=O) groups excluding carboxylic acids is 1. The van der Waals surface area contributed by atoms with Crippen molar-refractivity contribution in [1.82, 2.24) is 9.97 Å². The fourth-order valence-corrected chi connectivity index (χ4v) is 5.24. The maximum atomic E-state index is 13.6. The second-order valence-corrected chi connectivity index (χ2v) is 8.95. The Kier molecular flexibility index (Phi) is 4.94. The van der Waals surface area contributed by atoms with Gasteiger partial charge < -0.3 is 4.74 Å². The Hall–Kier alpha value is -2.53. The second-order valence-electron chi connectivity index (χ2n) is 8.51. The summed E-state index contributed by atoms with van der Waals surface area (Å²) < 4.78 is 19.8. The van der Waals surface area contributed by atoms with E-state index in [0.717, 1.165) is 18.4 Å². The Morgan fingerprint density at radius 2 is 1.90 bits per heavy atom. The van der Waals surface area contributed by atoms with E-state index in [1.165, 1.54) is 18.5 Å². The minimum absolute atomic E-state index is 0.0469. The molecular formula is C24H22ClFN2O2. The van der Waals surface area contributed by atoms with Crippen molar-refractivity contribution in [2.75, 3.05) is 0 Å². The molecule has 2 fully saturated rings. The van der Waals surface area contributed by atoms with Crippen molar-refractivity contribution in [3.8, 4) is 5.88 Å². The predicted molar refractivity (Wildman–Crippen MR) is 113 cm³/mol. The van der Waals surface area contributed by atoms with E-state index in [0.29, 0.717) is 46.0 Å². The lowest BCUT2D eigenvalue weighted by Crippen LogP contribution is -2.22. The van der Waals surface area contributed by atoms with Crippen molar-refractivity contribution >= 4 is 28.3 Å². The van der Waals surface area contributed by atoms with Gasteiger partial charge in [0.05, 0.1) is 10.9 Å². The number of ketones is 1. The number of carbonyl (C=O) groups is 1. The van der Waals surface area contributed by atoms with E-state index in [-0.39, 0.29) is 23.6 Å². The van der Waals surface area contributed by atoms with Gasteiger partial charge in [0.25, 0.3) is 0 Å². The van der Waals surface area contributed by atoms with Crippen LogP contribution in [0.15, 0.2) is 48.8 Å². The maximum Gasteiger partial charge on any atom is 0.224 e. The highest BCUT2D eigenvalue weighted by molar-refractivity contribution is 6.30. The zero-order valence-corrected chi connectivity index (χ0v) is 17.3. The molecule has 0 amide bonds. The van der Waals surface area contributed by atoms with E-state index < -0.39 is 0 Å². The molecule has 5 rings (SSSR count). The largest absolute Gasteiger partial charge is 0.474 e. The van der Waals surface area contributed by atoms with Crippen LogP contribution in [0.25, 0.3) is 10.9 Å². The molecule has 5 atom stereocenters. The quantitative estimate of drug-likeness (QED) is 0.540. The third kappa shape index (κ3) is 3.67. The summed E-state index contributed by atoms with van der Waals surface area (Å²) in [5.41, 5.74) is 1.68. The molecule has 3 aromatic rings. The van der Waals surface area contributed by atoms with Crippen LogP contribution in [0.4, 0.5) is 4.39 Å². The number of aromatic nitrogens is 2. The van der Waals surface area contributed by atoms with Gasteiger partial charge in [-0.3, -0.25) is 4.79 Å². The van der Waals surface area contributed by atoms with E-state index in [1.54, 1.807) is 6.07 Å². The molecule has 0 bridgehead atoms. The standard InChI is InChI=1S/C24H22ClFN2O2/c1-13(22(29)8-14-2-4-15(25)5-3-14)23-18-10-17(11-19(18)23)30-24-20-9-16(26)6-7-21(20)27-12-28-24/h2-7,9,12-13,17-19,23H,8,10-11H2,1H3/t13-,17?,18-,19+,23?/m1/s1. The number of fused-ring (bicyclic) bond motifs is 2. The van der Waals surface area contributed by atoms with Gasteiger partial charge in [0.15, 0.2) is 0 Å². The van der Waals surface area contributed by atoms with Gasteiger partial charge in [-0.2, -0.15) is 0 Å². The first-order valence-corrected chi connectivity index (χ1v) is 10.7. The van der Waals surface area contributed by atoms with E-state index in [9.17, 15) is 9.18 Å². The monoisotopic (exact) mass is 424 g/mol. The van der Waals surface area contributed by atoms with Crippen LogP contribution in [0.1, 0.15) is 25.3 Å². The van der Waals surface area contributed by atoms with E-state index >= 15 is 0 Å². The lowest BCUT2D eigenvalue weighted by Gasteiger charge is -2.19. The van der Waals surface area contributed by atoms with Gasteiger partial charge in [0, 0.05) is 17.4 Å². The van der Waals surface area contributed by atoms with Crippen molar-refractivity contribution in [1.29, 1.82) is 0 Å². The molecule has 1 heterocycles. The molecule has 154 valence electrons. The molecule has 0 aliphatic heterocycles. The lowest BCUT2D eigenvalue weighted by atomic mass is 9.91. The Balaban J connectivity index is 1.20. The SMILES string of the molecule is C[C@H](C(=O)Cc1ccc(Cl)cc1)C1[C@H]2CC(Oc3ncnc4ccc(F)cc34)C[C@@H]12. The molecule has 0 saturated heterocycles. The molecule has 0 spiro atoms. The fraction of sp³-hybridized carbons (Fsp3) is 0.375. The van der Waals surface area contributed by atoms with Gasteiger partial charge in [0.2, 0.25) is 5.88 Å². The molecule has 0 N–H and O–H groups in total. The topological polar surface area (TPSA) is 52.1 Å². The first kappa shape index (κ1) is 19.4. The molecule has 4 nitrogen and oxygen atoms in total. The summed E-state index contributed by atoms with van der Waals surface area (Å²) in [6.07, 6.45) is 3.78. The van der Waals surface area contributed by atoms with Crippen LogP contribution >= 0.6 is 11.6 Å². The van der Waals surface area contributed by atoms with Crippen molar-refractivity contribution in [2.45, 2.75) is 32.3 Å². The first-order chi connectivity index (χ1) is 14.5. The minimum atomic E-state index is -0.329. The zero-order chi connectivity index (χ0) is 20.8. The van der Waals surface area contributed by atoms with E-state index in [4.69, 9.17) is 16.3 Å². The molecule has 2 unspecified atom stereocenters. The number of Topliss-reactive ketones (excluding diaryl/α,β-unsaturated/α-hetero) is 1. The van der Waals surface area contributed by atoms with E-state index in [2.05, 4.69) is 16.9 Å². The van der Waals surface area contributed by atoms with E-state index in [1.807, 2.05) is 24.3 Å². The minimum Gasteiger partial charge on any atom is -0.474 e. The lowest BCUT2D eigenvalue weighted by molar-refractivity contribution is -0.122. The summed E-state index contributed by atoms with van der Waals surface area (Å²) in [5.74, 6) is 1.91. The number of hydrogen-bond acceptors (Lipinski definition) is 4. The third-order valence-electron chi connectivity index (χ3n) is 6.68. The normalized spacial score (nSPS) is 25.7. The average molecular weight is 425 g/mol. The number of halogens is 2. The average Bonchev–Trinajstić information content (AvgIpc) is 3.24. The Morgan fingerprint density at radius 3 is 2.63 bits per heavy atom. The van der Waals surface area contributed by atoms with Crippen LogP contribution in [-0.2, 0) is 11.2 Å². The summed E-state index contributed by atoms with van der Waals surface area (Å²) >= 11 is 5.92. The molecule has 2 aromatic carbocycles. The highest BCUT2D eigenvalue weighted by atomic mass is 35.5. The molecule has 2 aliphatic carbocycles. The summed E-state index contributed by atoms with van der Waals surface area (Å²) in [6, 6.07) is 11.9. The number of ether oxygens (including phenoxy) is 1. The molecular weight excluding hydrogens is 403 g/mol. The number of benzene rings is 2. The first-order valence-electron chi connectivity index (χ1n) is 10.3. The number of nitrogens with zero attached hydrogens (tertiary/aromatic N) is 2. The van der Waals surface area contributed by atoms with Crippen LogP contribution < -0.4 is 4.74 Å². The molecule has 2 saturated carbocycles. The highest BCUT2D eigenvalue weighted by Gasteiger charge is 2.59. The second kappa shape index (κ2) is 7.62. The van der Waals surface area contributed by atoms with Gasteiger partial charge >= 0.3 is 0 Å². The fourth-order valence-electron chi connectivity index (χ4n) is 5.12. The summed E-state index contributed by atoms with van der Waals surface area (Å²) in [4.78, 5) is 21.1. The van der Waals surface area contributed by atoms with Crippen LogP contribution in [0.3, 0.4) is 0 Å². The Morgan fingerprint density at radius 1 is 1.17 bits per heavy atom. The zero-order valence-electron chi connectivity index (χ0n) is 16.6. The van der Waals surface area contributed by atoms with Gasteiger partial charge in [-0.05, 0) is 66.5 Å². The molecule has 0 radical (unpaired) electrons. The van der Waals surface area contributed by atoms with Crippen LogP contribution in [0.5, 0.6) is 5.88 Å². The van der Waals surface area contributed by atoms with Crippen LogP contribution in [-0.4, -0.2) is 21.9 Å². The number of rotatable bonds is 6. The molecule has 1 aromatic heterocycles. The van der Waals surface area contributed by atoms with Crippen molar-refractivity contribution in [2.24, 2.45) is 23.7 Å². The third-order valence-corrected chi connectivity index (χ3v) is 6.94. The van der Waals surface area contributed by atoms with Gasteiger partial charge in [-0.25, -0.2) is 14.4 Å². The van der Waals surface area contributed by atoms with Gasteiger partial charge in [-0.1, -0.05) is 30.7 Å². The smallest absolute Gasteiger partial charge is 0.224 e. The highest BCUT2D eigenvalue weighted by Crippen LogP contribution is 2.61. The van der Waals surface area contributed by atoms with Gasteiger partial charge in [0.1, 0.15) is 24.0 Å². The molecule has 2 aliphatic rings. The van der Waals surface area contributed by atoms with Crippen LogP contribution in [0, 0.1) is 29.5 Å². The van der Waals surface area contributed by atoms with Crippen molar-refractivity contribution in [3.63, 3.8) is 0 Å². The molecule has 30 heavy (non-hydrogen) atoms. The molecule has 6 heteroatoms. The number of hydrogen-bond donors (Lipinski definition) is 0. The van der Waals surface area contributed by atoms with Crippen molar-refractivity contribution < 1.29 is 13.9 Å².